The van der Waals surface area contributed by atoms with Gasteiger partial charge in [0.1, 0.15) is 11.8 Å². The average molecular weight is 356 g/mol. The van der Waals surface area contributed by atoms with Crippen molar-refractivity contribution >= 4 is 11.6 Å². The maximum absolute atomic E-state index is 13.5. The van der Waals surface area contributed by atoms with Crippen molar-refractivity contribution in [3.8, 4) is 5.88 Å². The fourth-order valence-electron chi connectivity index (χ4n) is 3.73. The summed E-state index contributed by atoms with van der Waals surface area (Å²) in [4.78, 5) is 19.5. The van der Waals surface area contributed by atoms with Crippen LogP contribution in [0, 0.1) is 5.92 Å². The molecule has 2 aromatic heterocycles. The first kappa shape index (κ1) is 17.0. The van der Waals surface area contributed by atoms with Crippen LogP contribution in [0.2, 0.25) is 0 Å². The summed E-state index contributed by atoms with van der Waals surface area (Å²) >= 11 is 0. The molecule has 2 aliphatic heterocycles. The molecule has 2 aliphatic rings. The van der Waals surface area contributed by atoms with Crippen LogP contribution in [-0.4, -0.2) is 39.9 Å². The van der Waals surface area contributed by atoms with E-state index in [-0.39, 0.29) is 24.0 Å². The Hall–Kier alpha value is -2.41. The molecule has 0 N–H and O–H groups in total. The third-order valence-electron chi connectivity index (χ3n) is 5.01. The average Bonchev–Trinajstić information content (AvgIpc) is 3.16. The Balaban J connectivity index is 1.63. The highest BCUT2D eigenvalue weighted by Gasteiger charge is 2.39. The second-order valence-electron chi connectivity index (χ2n) is 6.87. The zero-order chi connectivity index (χ0) is 18.1. The number of anilines is 1. The molecule has 0 bridgehead atoms. The number of aromatic nitrogens is 3. The summed E-state index contributed by atoms with van der Waals surface area (Å²) in [5.41, 5.74) is 1.71. The van der Waals surface area contributed by atoms with Gasteiger partial charge in [-0.15, -0.1) is 0 Å². The number of aryl methyl sites for hydroxylation is 1. The fraction of sp³-hybridized carbons (Fsp3) is 0.526. The van der Waals surface area contributed by atoms with Gasteiger partial charge in [-0.1, -0.05) is 0 Å². The predicted octanol–water partition coefficient (Wildman–Crippen LogP) is 2.58. The van der Waals surface area contributed by atoms with Gasteiger partial charge in [-0.2, -0.15) is 5.10 Å². The van der Waals surface area contributed by atoms with Crippen molar-refractivity contribution in [2.45, 2.75) is 45.4 Å². The normalized spacial score (nSPS) is 25.5. The lowest BCUT2D eigenvalue weighted by molar-refractivity contribution is -0.132. The molecule has 0 spiro atoms. The highest BCUT2D eigenvalue weighted by Crippen LogP contribution is 2.38. The number of ether oxygens (including phenoxy) is 2. The Morgan fingerprint density at radius 3 is 3.12 bits per heavy atom. The number of fused-ring (bicyclic) bond motifs is 1. The first-order valence-electron chi connectivity index (χ1n) is 9.24. The Labute approximate surface area is 152 Å². The molecule has 26 heavy (non-hydrogen) atoms. The lowest BCUT2D eigenvalue weighted by Crippen LogP contribution is -2.47. The first-order chi connectivity index (χ1) is 12.7. The van der Waals surface area contributed by atoms with Gasteiger partial charge in [0.2, 0.25) is 11.8 Å². The summed E-state index contributed by atoms with van der Waals surface area (Å²) in [5.74, 6) is 0.367. The Bertz CT molecular complexity index is 791. The van der Waals surface area contributed by atoms with E-state index in [0.717, 1.165) is 30.6 Å². The van der Waals surface area contributed by atoms with E-state index >= 15 is 0 Å². The molecule has 1 amide bonds. The van der Waals surface area contributed by atoms with Gasteiger partial charge in [0, 0.05) is 31.1 Å². The highest BCUT2D eigenvalue weighted by molar-refractivity contribution is 5.97. The van der Waals surface area contributed by atoms with E-state index in [0.29, 0.717) is 19.0 Å². The summed E-state index contributed by atoms with van der Waals surface area (Å²) in [6.45, 7) is 5.99. The van der Waals surface area contributed by atoms with Crippen molar-refractivity contribution in [1.82, 2.24) is 14.8 Å². The lowest BCUT2D eigenvalue weighted by Gasteiger charge is -2.38. The van der Waals surface area contributed by atoms with Crippen LogP contribution in [0.3, 0.4) is 0 Å². The molecule has 0 aliphatic carbocycles. The van der Waals surface area contributed by atoms with Crippen molar-refractivity contribution in [3.63, 3.8) is 0 Å². The first-order valence-corrected chi connectivity index (χ1v) is 9.24. The molecule has 3 atom stereocenters. The van der Waals surface area contributed by atoms with Crippen molar-refractivity contribution in [2.75, 3.05) is 18.1 Å². The van der Waals surface area contributed by atoms with Gasteiger partial charge >= 0.3 is 0 Å². The third-order valence-corrected chi connectivity index (χ3v) is 5.01. The van der Waals surface area contributed by atoms with Gasteiger partial charge in [-0.05, 0) is 38.8 Å². The van der Waals surface area contributed by atoms with E-state index in [1.807, 2.05) is 48.0 Å². The van der Waals surface area contributed by atoms with Gasteiger partial charge in [-0.25, -0.2) is 4.98 Å². The maximum Gasteiger partial charge on any atom is 0.238 e. The van der Waals surface area contributed by atoms with Crippen molar-refractivity contribution in [3.05, 3.63) is 36.3 Å². The third kappa shape index (κ3) is 3.07. The SMILES string of the molecule is CCn1cc([C@@H]2OCCC[C@H]2C(=O)N2CC(C)Oc3ncccc32)cn1. The quantitative estimate of drug-likeness (QED) is 0.845. The minimum absolute atomic E-state index is 0.0725. The molecule has 1 saturated heterocycles. The molecule has 7 heteroatoms. The number of rotatable bonds is 3. The number of pyridine rings is 1. The number of carbonyl (C=O) groups excluding carboxylic acids is 1. The largest absolute Gasteiger partial charge is 0.471 e. The van der Waals surface area contributed by atoms with E-state index in [9.17, 15) is 4.79 Å². The second kappa shape index (κ2) is 7.07. The van der Waals surface area contributed by atoms with Gasteiger partial charge < -0.3 is 14.4 Å². The predicted molar refractivity (Wildman–Crippen MR) is 96.0 cm³/mol. The summed E-state index contributed by atoms with van der Waals surface area (Å²) in [6.07, 6.45) is 6.83. The van der Waals surface area contributed by atoms with Crippen LogP contribution < -0.4 is 9.64 Å². The number of amides is 1. The van der Waals surface area contributed by atoms with Gasteiger partial charge in [0.15, 0.2) is 0 Å². The van der Waals surface area contributed by atoms with Crippen LogP contribution >= 0.6 is 0 Å². The molecule has 4 heterocycles. The molecule has 0 radical (unpaired) electrons. The standard InChI is InChI=1S/C19H24N4O3/c1-3-22-12-14(10-21-22)17-15(6-5-9-25-17)19(24)23-11-13(2)26-18-16(23)7-4-8-20-18/h4,7-8,10,12-13,15,17H,3,5-6,9,11H2,1-2H3/t13?,15-,17+/m1/s1. The zero-order valence-electron chi connectivity index (χ0n) is 15.2. The van der Waals surface area contributed by atoms with E-state index < -0.39 is 0 Å². The molecule has 1 unspecified atom stereocenters. The summed E-state index contributed by atoms with van der Waals surface area (Å²) < 4.78 is 13.7. The molecular weight excluding hydrogens is 332 g/mol. The topological polar surface area (TPSA) is 69.5 Å². The van der Waals surface area contributed by atoms with Gasteiger partial charge in [0.25, 0.3) is 0 Å². The molecular formula is C19H24N4O3. The molecule has 1 fully saturated rings. The molecule has 0 saturated carbocycles. The van der Waals surface area contributed by atoms with Crippen LogP contribution in [0.1, 0.15) is 38.4 Å². The Kier molecular flexibility index (Phi) is 4.63. The van der Waals surface area contributed by atoms with Crippen molar-refractivity contribution < 1.29 is 14.3 Å². The molecule has 138 valence electrons. The Morgan fingerprint density at radius 2 is 2.31 bits per heavy atom. The monoisotopic (exact) mass is 356 g/mol. The Morgan fingerprint density at radius 1 is 1.42 bits per heavy atom. The lowest BCUT2D eigenvalue weighted by atomic mass is 9.89. The summed E-state index contributed by atoms with van der Waals surface area (Å²) in [5, 5.41) is 4.35. The van der Waals surface area contributed by atoms with Crippen LogP contribution in [0.15, 0.2) is 30.7 Å². The molecule has 2 aromatic rings. The fourth-order valence-corrected chi connectivity index (χ4v) is 3.73. The van der Waals surface area contributed by atoms with Gasteiger partial charge in [-0.3, -0.25) is 9.48 Å². The number of hydrogen-bond donors (Lipinski definition) is 0. The molecule has 4 rings (SSSR count). The van der Waals surface area contributed by atoms with E-state index in [4.69, 9.17) is 9.47 Å². The van der Waals surface area contributed by atoms with Crippen LogP contribution in [-0.2, 0) is 16.1 Å². The molecule has 7 nitrogen and oxygen atoms in total. The van der Waals surface area contributed by atoms with Crippen LogP contribution in [0.5, 0.6) is 5.88 Å². The van der Waals surface area contributed by atoms with Crippen molar-refractivity contribution in [2.24, 2.45) is 5.92 Å². The number of nitrogens with zero attached hydrogens (tertiary/aromatic N) is 4. The van der Waals surface area contributed by atoms with Crippen molar-refractivity contribution in [1.29, 1.82) is 0 Å². The summed E-state index contributed by atoms with van der Waals surface area (Å²) in [6, 6.07) is 3.72. The van der Waals surface area contributed by atoms with E-state index in [1.54, 1.807) is 6.20 Å². The van der Waals surface area contributed by atoms with Crippen LogP contribution in [0.4, 0.5) is 5.69 Å². The minimum Gasteiger partial charge on any atom is -0.471 e. The maximum atomic E-state index is 13.5. The number of carbonyl (C=O) groups is 1. The zero-order valence-corrected chi connectivity index (χ0v) is 15.2. The second-order valence-corrected chi connectivity index (χ2v) is 6.87. The highest BCUT2D eigenvalue weighted by atomic mass is 16.5. The van der Waals surface area contributed by atoms with Gasteiger partial charge in [0.05, 0.1) is 24.8 Å². The minimum atomic E-state index is -0.255. The smallest absolute Gasteiger partial charge is 0.238 e. The van der Waals surface area contributed by atoms with E-state index in [1.165, 1.54) is 0 Å². The summed E-state index contributed by atoms with van der Waals surface area (Å²) in [7, 11) is 0. The van der Waals surface area contributed by atoms with E-state index in [2.05, 4.69) is 10.1 Å². The van der Waals surface area contributed by atoms with Crippen LogP contribution in [0.25, 0.3) is 0 Å². The molecule has 0 aromatic carbocycles. The number of hydrogen-bond acceptors (Lipinski definition) is 5.